The first-order valence-corrected chi connectivity index (χ1v) is 7.97. The first kappa shape index (κ1) is 14.1. The van der Waals surface area contributed by atoms with Crippen molar-refractivity contribution in [2.75, 3.05) is 0 Å². The van der Waals surface area contributed by atoms with Gasteiger partial charge < -0.3 is 5.11 Å². The van der Waals surface area contributed by atoms with Crippen LogP contribution in [-0.2, 0) is 6.42 Å². The van der Waals surface area contributed by atoms with E-state index in [9.17, 15) is 5.11 Å². The number of aliphatic hydroxyl groups is 1. The largest absolute Gasteiger partial charge is 0.392 e. The Hall–Kier alpha value is -0.340. The van der Waals surface area contributed by atoms with Crippen molar-refractivity contribution in [2.24, 2.45) is 5.92 Å². The van der Waals surface area contributed by atoms with Gasteiger partial charge in [-0.25, -0.2) is 0 Å². The number of aliphatic hydroxyl groups excluding tert-OH is 1. The molecule has 100 valence electrons. The fourth-order valence-electron chi connectivity index (χ4n) is 2.90. The highest BCUT2D eigenvalue weighted by atomic mass is 79.9. The maximum Gasteiger partial charge on any atom is 0.0608 e. The second-order valence-corrected chi connectivity index (χ2v) is 6.42. The Bertz CT molecular complexity index is 339. The van der Waals surface area contributed by atoms with E-state index in [1.165, 1.54) is 50.5 Å². The van der Waals surface area contributed by atoms with Crippen molar-refractivity contribution in [1.82, 2.24) is 0 Å². The second kappa shape index (κ2) is 7.30. The van der Waals surface area contributed by atoms with Gasteiger partial charge >= 0.3 is 0 Å². The molecule has 1 saturated carbocycles. The molecule has 1 atom stereocenters. The number of hydrogen-bond donors (Lipinski definition) is 1. The second-order valence-electron chi connectivity index (χ2n) is 5.50. The lowest BCUT2D eigenvalue weighted by Crippen LogP contribution is -2.23. The number of hydrogen-bond acceptors (Lipinski definition) is 1. The number of rotatable bonds is 3. The predicted octanol–water partition coefficient (Wildman–Crippen LogP) is 4.71. The van der Waals surface area contributed by atoms with Gasteiger partial charge in [-0.05, 0) is 42.9 Å². The smallest absolute Gasteiger partial charge is 0.0608 e. The van der Waals surface area contributed by atoms with Crippen LogP contribution in [0.25, 0.3) is 0 Å². The van der Waals surface area contributed by atoms with Crippen LogP contribution in [0.1, 0.15) is 50.5 Å². The van der Waals surface area contributed by atoms with Crippen molar-refractivity contribution in [1.29, 1.82) is 0 Å². The summed E-state index contributed by atoms with van der Waals surface area (Å²) in [7, 11) is 0. The Morgan fingerprint density at radius 2 is 1.56 bits per heavy atom. The molecule has 0 spiro atoms. The number of halogens is 1. The maximum atomic E-state index is 10.4. The van der Waals surface area contributed by atoms with Crippen molar-refractivity contribution in [3.05, 3.63) is 34.3 Å². The molecule has 18 heavy (non-hydrogen) atoms. The molecule has 2 heteroatoms. The summed E-state index contributed by atoms with van der Waals surface area (Å²) >= 11 is 3.44. The van der Waals surface area contributed by atoms with Crippen LogP contribution in [0.5, 0.6) is 0 Å². The van der Waals surface area contributed by atoms with E-state index in [0.29, 0.717) is 5.92 Å². The maximum absolute atomic E-state index is 10.4. The third-order valence-corrected chi connectivity index (χ3v) is 4.58. The summed E-state index contributed by atoms with van der Waals surface area (Å²) in [5.74, 6) is 0.508. The van der Waals surface area contributed by atoms with Crippen LogP contribution < -0.4 is 0 Å². The minimum Gasteiger partial charge on any atom is -0.392 e. The van der Waals surface area contributed by atoms with Gasteiger partial charge in [-0.15, -0.1) is 0 Å². The van der Waals surface area contributed by atoms with E-state index in [4.69, 9.17) is 0 Å². The lowest BCUT2D eigenvalue weighted by molar-refractivity contribution is 0.0913. The van der Waals surface area contributed by atoms with E-state index in [1.54, 1.807) is 0 Å². The molecule has 1 aliphatic rings. The minimum atomic E-state index is -0.163. The molecule has 0 bridgehead atoms. The first-order valence-electron chi connectivity index (χ1n) is 7.18. The van der Waals surface area contributed by atoms with E-state index in [1.807, 2.05) is 0 Å². The van der Waals surface area contributed by atoms with Gasteiger partial charge in [0.25, 0.3) is 0 Å². The van der Waals surface area contributed by atoms with Gasteiger partial charge in [-0.3, -0.25) is 0 Å². The van der Waals surface area contributed by atoms with E-state index in [0.717, 1.165) is 10.9 Å². The van der Waals surface area contributed by atoms with Crippen LogP contribution in [0, 0.1) is 5.92 Å². The molecule has 1 nitrogen and oxygen atoms in total. The van der Waals surface area contributed by atoms with Crippen molar-refractivity contribution < 1.29 is 5.11 Å². The van der Waals surface area contributed by atoms with Gasteiger partial charge in [-0.1, -0.05) is 60.2 Å². The van der Waals surface area contributed by atoms with Gasteiger partial charge in [0.1, 0.15) is 0 Å². The zero-order valence-electron chi connectivity index (χ0n) is 10.9. The van der Waals surface area contributed by atoms with E-state index < -0.39 is 0 Å². The van der Waals surface area contributed by atoms with Crippen molar-refractivity contribution in [2.45, 2.75) is 57.5 Å². The fraction of sp³-hybridized carbons (Fsp3) is 0.625. The lowest BCUT2D eigenvalue weighted by Gasteiger charge is -2.25. The Labute approximate surface area is 119 Å². The molecule has 0 radical (unpaired) electrons. The molecular weight excluding hydrogens is 288 g/mol. The Balaban J connectivity index is 1.89. The monoisotopic (exact) mass is 310 g/mol. The summed E-state index contributed by atoms with van der Waals surface area (Å²) in [5.41, 5.74) is 1.24. The van der Waals surface area contributed by atoms with Crippen LogP contribution in [-0.4, -0.2) is 11.2 Å². The molecule has 1 N–H and O–H groups in total. The summed E-state index contributed by atoms with van der Waals surface area (Å²) in [6.07, 6.45) is 9.72. The van der Waals surface area contributed by atoms with Crippen LogP contribution >= 0.6 is 15.9 Å². The van der Waals surface area contributed by atoms with Crippen LogP contribution in [0.15, 0.2) is 28.7 Å². The zero-order valence-corrected chi connectivity index (χ0v) is 12.5. The van der Waals surface area contributed by atoms with Crippen molar-refractivity contribution >= 4 is 15.9 Å². The molecule has 0 heterocycles. The van der Waals surface area contributed by atoms with Gasteiger partial charge in [0, 0.05) is 4.47 Å². The molecule has 0 amide bonds. The summed E-state index contributed by atoms with van der Waals surface area (Å²) in [5, 5.41) is 10.4. The van der Waals surface area contributed by atoms with Crippen molar-refractivity contribution in [3.63, 3.8) is 0 Å². The predicted molar refractivity (Wildman–Crippen MR) is 79.7 cm³/mol. The summed E-state index contributed by atoms with van der Waals surface area (Å²) in [6, 6.07) is 8.33. The fourth-order valence-corrected chi connectivity index (χ4v) is 3.17. The van der Waals surface area contributed by atoms with Gasteiger partial charge in [-0.2, -0.15) is 0 Å². The van der Waals surface area contributed by atoms with Gasteiger partial charge in [0.05, 0.1) is 6.10 Å². The van der Waals surface area contributed by atoms with Crippen LogP contribution in [0.2, 0.25) is 0 Å². The Morgan fingerprint density at radius 3 is 2.17 bits per heavy atom. The molecule has 0 aromatic heterocycles. The topological polar surface area (TPSA) is 20.2 Å². The van der Waals surface area contributed by atoms with Crippen LogP contribution in [0.3, 0.4) is 0 Å². The molecule has 1 aliphatic carbocycles. The Morgan fingerprint density at radius 1 is 1.00 bits per heavy atom. The highest BCUT2D eigenvalue weighted by Gasteiger charge is 2.20. The van der Waals surface area contributed by atoms with E-state index >= 15 is 0 Å². The molecule has 1 aromatic carbocycles. The average Bonchev–Trinajstić information content (AvgIpc) is 2.31. The van der Waals surface area contributed by atoms with Gasteiger partial charge in [0.2, 0.25) is 0 Å². The molecule has 1 aromatic rings. The summed E-state index contributed by atoms with van der Waals surface area (Å²) in [6.45, 7) is 0. The van der Waals surface area contributed by atoms with Crippen LogP contribution in [0.4, 0.5) is 0 Å². The molecule has 1 fully saturated rings. The molecular formula is C16H23BrO. The molecule has 0 saturated heterocycles. The average molecular weight is 311 g/mol. The van der Waals surface area contributed by atoms with E-state index in [2.05, 4.69) is 40.2 Å². The molecule has 1 unspecified atom stereocenters. The summed E-state index contributed by atoms with van der Waals surface area (Å²) < 4.78 is 1.10. The molecule has 2 rings (SSSR count). The number of benzene rings is 1. The highest BCUT2D eigenvalue weighted by Crippen LogP contribution is 2.26. The van der Waals surface area contributed by atoms with Gasteiger partial charge in [0.15, 0.2) is 0 Å². The third kappa shape index (κ3) is 4.40. The first-order chi connectivity index (χ1) is 8.75. The zero-order chi connectivity index (χ0) is 12.8. The van der Waals surface area contributed by atoms with E-state index in [-0.39, 0.29) is 6.10 Å². The third-order valence-electron chi connectivity index (χ3n) is 4.05. The SMILES string of the molecule is OC(Cc1ccc(Br)cc1)C1CCCCCCC1. The lowest BCUT2D eigenvalue weighted by atomic mass is 9.85. The van der Waals surface area contributed by atoms with Crippen molar-refractivity contribution in [3.8, 4) is 0 Å². The normalized spacial score (nSPS) is 20.1. The Kier molecular flexibility index (Phi) is 5.71. The quantitative estimate of drug-likeness (QED) is 0.857. The summed E-state index contributed by atoms with van der Waals surface area (Å²) in [4.78, 5) is 0. The standard InChI is InChI=1S/C16H23BrO/c17-15-10-8-13(9-11-15)12-16(18)14-6-4-2-1-3-5-7-14/h8-11,14,16,18H,1-7,12H2. The molecule has 0 aliphatic heterocycles. The highest BCUT2D eigenvalue weighted by molar-refractivity contribution is 9.10. The minimum absolute atomic E-state index is 0.163.